The molecule has 12 heteroatoms. The molecule has 0 radical (unpaired) electrons. The molecule has 1 aliphatic rings. The summed E-state index contributed by atoms with van der Waals surface area (Å²) in [5.74, 6) is -0.109. The summed E-state index contributed by atoms with van der Waals surface area (Å²) in [6.45, 7) is 5.79. The van der Waals surface area contributed by atoms with Crippen LogP contribution in [0.1, 0.15) is 44.8 Å². The maximum atomic E-state index is 13.5. The Morgan fingerprint density at radius 1 is 1.12 bits per heavy atom. The van der Waals surface area contributed by atoms with Gasteiger partial charge in [0.15, 0.2) is 0 Å². The minimum Gasteiger partial charge on any atom is -0.480 e. The van der Waals surface area contributed by atoms with Gasteiger partial charge in [-0.2, -0.15) is 4.68 Å². The van der Waals surface area contributed by atoms with Crippen LogP contribution in [0.5, 0.6) is 0 Å². The number of carboxylic acids is 1. The van der Waals surface area contributed by atoms with Crippen molar-refractivity contribution in [2.24, 2.45) is 5.41 Å². The zero-order chi connectivity index (χ0) is 29.6. The third kappa shape index (κ3) is 5.37. The number of thioether (sulfide) groups is 1. The molecule has 0 saturated heterocycles. The van der Waals surface area contributed by atoms with Crippen molar-refractivity contribution in [1.29, 1.82) is 0 Å². The average Bonchev–Trinajstić information content (AvgIpc) is 3.72. The van der Waals surface area contributed by atoms with Gasteiger partial charge in [0.1, 0.15) is 17.4 Å². The highest BCUT2D eigenvalue weighted by molar-refractivity contribution is 8.00. The van der Waals surface area contributed by atoms with Gasteiger partial charge in [-0.25, -0.2) is 4.98 Å². The number of aliphatic carboxylic acids is 1. The molecule has 6 rings (SSSR count). The number of aromatic amines is 1. The van der Waals surface area contributed by atoms with Crippen molar-refractivity contribution in [3.63, 3.8) is 0 Å². The van der Waals surface area contributed by atoms with E-state index in [1.807, 2.05) is 63.2 Å². The number of nitrogens with one attached hydrogen (secondary N) is 1. The van der Waals surface area contributed by atoms with E-state index in [9.17, 15) is 14.7 Å². The van der Waals surface area contributed by atoms with Crippen molar-refractivity contribution in [1.82, 2.24) is 34.7 Å². The van der Waals surface area contributed by atoms with E-state index in [2.05, 4.69) is 25.5 Å². The molecule has 0 saturated carbocycles. The van der Waals surface area contributed by atoms with E-state index in [1.165, 1.54) is 18.1 Å². The van der Waals surface area contributed by atoms with Crippen molar-refractivity contribution in [2.75, 3.05) is 0 Å². The first-order valence-corrected chi connectivity index (χ1v) is 14.7. The van der Waals surface area contributed by atoms with Crippen LogP contribution in [0, 0.1) is 5.41 Å². The minimum absolute atomic E-state index is 0.126. The number of aromatic nitrogens is 7. The Hall–Kier alpha value is -4.22. The van der Waals surface area contributed by atoms with Crippen molar-refractivity contribution in [2.45, 2.75) is 49.8 Å². The third-order valence-electron chi connectivity index (χ3n) is 7.34. The minimum atomic E-state index is -0.825. The molecule has 1 aliphatic heterocycles. The molecular weight excluding hydrogens is 574 g/mol. The number of imidazole rings is 1. The fourth-order valence-electron chi connectivity index (χ4n) is 5.32. The number of fused-ring (bicyclic) bond motifs is 1. The van der Waals surface area contributed by atoms with E-state index < -0.39 is 11.2 Å². The monoisotopic (exact) mass is 601 g/mol. The molecule has 214 valence electrons. The van der Waals surface area contributed by atoms with E-state index in [4.69, 9.17) is 11.6 Å². The molecule has 5 aromatic rings. The predicted octanol–water partition coefficient (Wildman–Crippen LogP) is 5.66. The largest absolute Gasteiger partial charge is 0.480 e. The fourth-order valence-corrected chi connectivity index (χ4v) is 6.51. The summed E-state index contributed by atoms with van der Waals surface area (Å²) in [4.78, 5) is 34.2. The van der Waals surface area contributed by atoms with Gasteiger partial charge in [0, 0.05) is 27.2 Å². The number of hydrogen-bond acceptors (Lipinski definition) is 7. The Balaban J connectivity index is 1.26. The number of hydrogen-bond donors (Lipinski definition) is 2. The standard InChI is InChI=1S/C30H28ClN7O3S/c1-30(2,3)27(29(40)41)42-21-8-4-17(5-9-21)23-15-32-28(34-23)25-11-7-20-12-18(13-26(39)38(20)25)22-14-19(31)6-10-24(22)37-16-33-35-36-37/h4-6,8-10,12-16,25,27H,7,11H2,1-3H3,(H,32,34)(H,40,41)/t25-,27?/m0/s1. The smallest absolute Gasteiger partial charge is 0.317 e. The fraction of sp³-hybridized carbons (Fsp3) is 0.267. The first kappa shape index (κ1) is 27.9. The van der Waals surface area contributed by atoms with Gasteiger partial charge in [-0.05, 0) is 76.2 Å². The Morgan fingerprint density at radius 3 is 2.60 bits per heavy atom. The lowest BCUT2D eigenvalue weighted by Crippen LogP contribution is -2.31. The van der Waals surface area contributed by atoms with Gasteiger partial charge in [0.2, 0.25) is 0 Å². The maximum Gasteiger partial charge on any atom is 0.317 e. The number of nitrogens with zero attached hydrogens (tertiary/aromatic N) is 6. The zero-order valence-corrected chi connectivity index (χ0v) is 24.7. The molecule has 0 aliphatic carbocycles. The quantitative estimate of drug-likeness (QED) is 0.228. The lowest BCUT2D eigenvalue weighted by molar-refractivity contribution is -0.138. The van der Waals surface area contributed by atoms with E-state index in [0.717, 1.165) is 51.5 Å². The van der Waals surface area contributed by atoms with Gasteiger partial charge < -0.3 is 14.7 Å². The first-order chi connectivity index (χ1) is 20.1. The maximum absolute atomic E-state index is 13.5. The normalized spacial score (nSPS) is 15.5. The predicted molar refractivity (Wildman–Crippen MR) is 161 cm³/mol. The molecule has 2 N–H and O–H groups in total. The van der Waals surface area contributed by atoms with Gasteiger partial charge >= 0.3 is 5.97 Å². The van der Waals surface area contributed by atoms with E-state index in [-0.39, 0.29) is 17.0 Å². The highest BCUT2D eigenvalue weighted by atomic mass is 35.5. The molecule has 0 fully saturated rings. The number of H-pyrrole nitrogens is 1. The van der Waals surface area contributed by atoms with E-state index in [0.29, 0.717) is 10.8 Å². The highest BCUT2D eigenvalue weighted by Crippen LogP contribution is 2.37. The summed E-state index contributed by atoms with van der Waals surface area (Å²) in [6, 6.07) is 16.6. The first-order valence-electron chi connectivity index (χ1n) is 13.4. The average molecular weight is 602 g/mol. The second-order valence-electron chi connectivity index (χ2n) is 11.3. The van der Waals surface area contributed by atoms with Gasteiger partial charge in [-0.15, -0.1) is 16.9 Å². The topological polar surface area (TPSA) is 132 Å². The number of rotatable bonds is 7. The van der Waals surface area contributed by atoms with Crippen LogP contribution in [0.15, 0.2) is 76.8 Å². The zero-order valence-electron chi connectivity index (χ0n) is 23.2. The molecule has 10 nitrogen and oxygen atoms in total. The summed E-state index contributed by atoms with van der Waals surface area (Å²) < 4.78 is 3.34. The second kappa shape index (κ2) is 10.9. The lowest BCUT2D eigenvalue weighted by atomic mass is 9.92. The number of carbonyl (C=O) groups is 1. The van der Waals surface area contributed by atoms with Crippen molar-refractivity contribution < 1.29 is 9.90 Å². The van der Waals surface area contributed by atoms with Crippen LogP contribution in [0.2, 0.25) is 5.02 Å². The highest BCUT2D eigenvalue weighted by Gasteiger charge is 2.32. The van der Waals surface area contributed by atoms with Gasteiger partial charge in [-0.1, -0.05) is 44.5 Å². The van der Waals surface area contributed by atoms with Crippen LogP contribution in [0.3, 0.4) is 0 Å². The number of halogens is 1. The van der Waals surface area contributed by atoms with Crippen LogP contribution in [-0.4, -0.2) is 51.1 Å². The molecule has 4 heterocycles. The molecule has 42 heavy (non-hydrogen) atoms. The molecule has 0 amide bonds. The molecule has 0 spiro atoms. The molecule has 2 aromatic carbocycles. The SMILES string of the molecule is CC(C)(C)C(Sc1ccc(-c2cnc([C@@H]3CCc4cc(-c5cc(Cl)ccc5-n5cnnn5)cc(=O)n43)[nH]2)cc1)C(=O)O. The van der Waals surface area contributed by atoms with E-state index >= 15 is 0 Å². The second-order valence-corrected chi connectivity index (χ2v) is 12.9. The summed E-state index contributed by atoms with van der Waals surface area (Å²) >= 11 is 7.67. The van der Waals surface area contributed by atoms with Crippen molar-refractivity contribution >= 4 is 29.3 Å². The summed E-state index contributed by atoms with van der Waals surface area (Å²) in [6.07, 6.45) is 4.73. The molecule has 3 aromatic heterocycles. The number of aryl methyl sites for hydroxylation is 1. The summed E-state index contributed by atoms with van der Waals surface area (Å²) in [7, 11) is 0. The molecule has 2 atom stereocenters. The van der Waals surface area contributed by atoms with Crippen LogP contribution in [-0.2, 0) is 11.2 Å². The Labute approximate surface area is 250 Å². The van der Waals surface area contributed by atoms with Crippen molar-refractivity contribution in [3.8, 4) is 28.1 Å². The summed E-state index contributed by atoms with van der Waals surface area (Å²) in [5.41, 5.74) is 4.39. The third-order valence-corrected chi connectivity index (χ3v) is 9.26. The van der Waals surface area contributed by atoms with Crippen LogP contribution in [0.25, 0.3) is 28.1 Å². The van der Waals surface area contributed by atoms with Crippen molar-refractivity contribution in [3.05, 3.63) is 94.0 Å². The number of pyridine rings is 1. The number of tetrazole rings is 1. The lowest BCUT2D eigenvalue weighted by Gasteiger charge is -2.26. The van der Waals surface area contributed by atoms with E-state index in [1.54, 1.807) is 27.6 Å². The van der Waals surface area contributed by atoms with Gasteiger partial charge in [-0.3, -0.25) is 9.59 Å². The van der Waals surface area contributed by atoms with Gasteiger partial charge in [0.25, 0.3) is 5.56 Å². The van der Waals surface area contributed by atoms with Crippen LogP contribution >= 0.6 is 23.4 Å². The molecular formula is C30H28ClN7O3S. The van der Waals surface area contributed by atoms with Crippen LogP contribution < -0.4 is 5.56 Å². The van der Waals surface area contributed by atoms with Crippen LogP contribution in [0.4, 0.5) is 0 Å². The Morgan fingerprint density at radius 2 is 1.90 bits per heavy atom. The molecule has 0 bridgehead atoms. The summed E-state index contributed by atoms with van der Waals surface area (Å²) in [5, 5.41) is 21.1. The molecule has 1 unspecified atom stereocenters. The Kier molecular flexibility index (Phi) is 7.24. The number of benzene rings is 2. The van der Waals surface area contributed by atoms with Gasteiger partial charge in [0.05, 0.1) is 23.6 Å². The number of carboxylic acid groups (broad SMARTS) is 1. The Bertz CT molecular complexity index is 1830.